The molecule has 0 aliphatic carbocycles. The van der Waals surface area contributed by atoms with Gasteiger partial charge in [0.05, 0.1) is 0 Å². The van der Waals surface area contributed by atoms with Gasteiger partial charge in [-0.3, -0.25) is 9.59 Å². The number of aliphatic carboxylic acids is 1. The molecule has 23 heavy (non-hydrogen) atoms. The first-order valence-electron chi connectivity index (χ1n) is 6.97. The van der Waals surface area contributed by atoms with E-state index in [4.69, 9.17) is 0 Å². The van der Waals surface area contributed by atoms with Crippen LogP contribution >= 0.6 is 0 Å². The van der Waals surface area contributed by atoms with Crippen molar-refractivity contribution in [3.63, 3.8) is 0 Å². The number of rotatable bonds is 6. The minimum absolute atomic E-state index is 0.0509. The van der Waals surface area contributed by atoms with Crippen LogP contribution in [0.25, 0.3) is 5.65 Å². The monoisotopic (exact) mass is 319 g/mol. The molecular formula is C14H17N5O4. The Morgan fingerprint density at radius 3 is 2.57 bits per heavy atom. The van der Waals surface area contributed by atoms with Crippen molar-refractivity contribution >= 4 is 23.4 Å². The van der Waals surface area contributed by atoms with Crippen LogP contribution in [0.3, 0.4) is 0 Å². The maximum absolute atomic E-state index is 12.7. The van der Waals surface area contributed by atoms with Crippen molar-refractivity contribution in [1.82, 2.24) is 24.6 Å². The Kier molecular flexibility index (Phi) is 4.89. The lowest BCUT2D eigenvalue weighted by molar-refractivity contribution is -0.141. The van der Waals surface area contributed by atoms with Crippen LogP contribution < -0.4 is 5.32 Å². The average molecular weight is 319 g/mol. The van der Waals surface area contributed by atoms with E-state index in [9.17, 15) is 19.5 Å². The lowest BCUT2D eigenvalue weighted by atomic mass is 10.2. The highest BCUT2D eigenvalue weighted by Crippen LogP contribution is 2.11. The summed E-state index contributed by atoms with van der Waals surface area (Å²) in [5, 5.41) is 11.7. The third-order valence-corrected chi connectivity index (χ3v) is 3.33. The van der Waals surface area contributed by atoms with E-state index in [0.29, 0.717) is 5.65 Å². The second-order valence-corrected chi connectivity index (χ2v) is 4.93. The summed E-state index contributed by atoms with van der Waals surface area (Å²) in [5.41, 5.74) is 0.410. The molecule has 1 unspecified atom stereocenters. The Bertz CT molecular complexity index is 742. The number of carboxylic acids is 1. The molecular weight excluding hydrogens is 302 g/mol. The summed E-state index contributed by atoms with van der Waals surface area (Å²) in [6.07, 6.45) is 6.27. The number of carbonyl (C=O) groups excluding carboxylic acids is 2. The zero-order valence-electron chi connectivity index (χ0n) is 12.8. The summed E-state index contributed by atoms with van der Waals surface area (Å²) >= 11 is 0. The highest BCUT2D eigenvalue weighted by molar-refractivity contribution is 5.99. The number of nitrogens with one attached hydrogen (secondary N) is 1. The molecule has 2 amide bonds. The Morgan fingerprint density at radius 2 is 1.96 bits per heavy atom. The summed E-state index contributed by atoms with van der Waals surface area (Å²) in [7, 11) is 0. The van der Waals surface area contributed by atoms with Gasteiger partial charge in [0.2, 0.25) is 5.91 Å². The summed E-state index contributed by atoms with van der Waals surface area (Å²) in [6.45, 7) is 2.95. The normalized spacial score (nSPS) is 11.9. The molecule has 2 rings (SSSR count). The minimum Gasteiger partial charge on any atom is -0.480 e. The molecule has 0 aliphatic rings. The molecule has 2 aromatic heterocycles. The van der Waals surface area contributed by atoms with E-state index >= 15 is 0 Å². The molecule has 0 fully saturated rings. The van der Waals surface area contributed by atoms with E-state index in [1.807, 2.05) is 0 Å². The third kappa shape index (κ3) is 3.62. The number of amides is 2. The first-order chi connectivity index (χ1) is 10.9. The minimum atomic E-state index is -1.14. The Hall–Kier alpha value is -2.97. The zero-order valence-corrected chi connectivity index (χ0v) is 12.8. The molecule has 9 heteroatoms. The van der Waals surface area contributed by atoms with Gasteiger partial charge in [-0.15, -0.1) is 0 Å². The number of carbonyl (C=O) groups is 3. The van der Waals surface area contributed by atoms with Gasteiger partial charge in [-0.1, -0.05) is 0 Å². The number of hydrogen-bond donors (Lipinski definition) is 2. The first-order valence-corrected chi connectivity index (χ1v) is 6.97. The molecule has 0 saturated carbocycles. The summed E-state index contributed by atoms with van der Waals surface area (Å²) in [6, 6.07) is -1.06. The smallest absolute Gasteiger partial charge is 0.326 e. The van der Waals surface area contributed by atoms with Crippen molar-refractivity contribution in [2.45, 2.75) is 19.9 Å². The molecule has 1 atom stereocenters. The van der Waals surface area contributed by atoms with Crippen molar-refractivity contribution in [2.24, 2.45) is 0 Å². The van der Waals surface area contributed by atoms with Crippen LogP contribution in [0.5, 0.6) is 0 Å². The summed E-state index contributed by atoms with van der Waals surface area (Å²) in [5.74, 6) is -1.95. The van der Waals surface area contributed by atoms with Crippen LogP contribution in [0, 0.1) is 0 Å². The number of fused-ring (bicyclic) bond motifs is 1. The van der Waals surface area contributed by atoms with E-state index < -0.39 is 17.9 Å². The quantitative estimate of drug-likeness (QED) is 0.760. The number of imidazole rings is 1. The molecule has 2 heterocycles. The van der Waals surface area contributed by atoms with Gasteiger partial charge in [-0.2, -0.15) is 0 Å². The predicted molar refractivity (Wildman–Crippen MR) is 79.8 cm³/mol. The van der Waals surface area contributed by atoms with Gasteiger partial charge in [-0.05, 0) is 6.92 Å². The van der Waals surface area contributed by atoms with Gasteiger partial charge in [0.15, 0.2) is 11.3 Å². The average Bonchev–Trinajstić information content (AvgIpc) is 2.98. The molecule has 2 aromatic rings. The van der Waals surface area contributed by atoms with Crippen molar-refractivity contribution < 1.29 is 19.5 Å². The number of carboxylic acid groups (broad SMARTS) is 1. The molecule has 0 bridgehead atoms. The van der Waals surface area contributed by atoms with Crippen LogP contribution in [-0.2, 0) is 9.59 Å². The summed E-state index contributed by atoms with van der Waals surface area (Å²) < 4.78 is 1.62. The van der Waals surface area contributed by atoms with Crippen LogP contribution in [0.4, 0.5) is 0 Å². The molecule has 9 nitrogen and oxygen atoms in total. The van der Waals surface area contributed by atoms with Gasteiger partial charge in [0.25, 0.3) is 5.91 Å². The largest absolute Gasteiger partial charge is 0.480 e. The molecule has 0 radical (unpaired) electrons. The fourth-order valence-corrected chi connectivity index (χ4v) is 2.10. The first kappa shape index (κ1) is 16.4. The maximum Gasteiger partial charge on any atom is 0.326 e. The van der Waals surface area contributed by atoms with Crippen molar-refractivity contribution in [3.05, 3.63) is 30.5 Å². The van der Waals surface area contributed by atoms with E-state index in [1.54, 1.807) is 16.8 Å². The molecule has 0 spiro atoms. The second-order valence-electron chi connectivity index (χ2n) is 4.93. The number of nitrogens with zero attached hydrogens (tertiary/aromatic N) is 4. The fourth-order valence-electron chi connectivity index (χ4n) is 2.10. The van der Waals surface area contributed by atoms with Gasteiger partial charge in [0.1, 0.15) is 6.04 Å². The van der Waals surface area contributed by atoms with Gasteiger partial charge < -0.3 is 19.7 Å². The third-order valence-electron chi connectivity index (χ3n) is 3.33. The molecule has 0 saturated heterocycles. The van der Waals surface area contributed by atoms with Gasteiger partial charge in [0, 0.05) is 44.8 Å². The lowest BCUT2D eigenvalue weighted by Gasteiger charge is -2.26. The van der Waals surface area contributed by atoms with E-state index in [-0.39, 0.29) is 24.7 Å². The molecule has 0 aliphatic heterocycles. The van der Waals surface area contributed by atoms with Crippen LogP contribution in [0.1, 0.15) is 24.3 Å². The lowest BCUT2D eigenvalue weighted by Crippen LogP contribution is -2.47. The topological polar surface area (TPSA) is 117 Å². The fraction of sp³-hybridized carbons (Fsp3) is 0.357. The molecule has 122 valence electrons. The standard InChI is InChI=1S/C14H17N5O4/c1-9(14(22)23)19(8-5-15-10(2)20)13(21)11-12-17-4-7-18(12)6-3-16-11/h3-4,6-7,9H,5,8H2,1-2H3,(H,15,20)(H,22,23). The second kappa shape index (κ2) is 6.86. The SMILES string of the molecule is CC(=O)NCCN(C(=O)c1nccn2ccnc12)C(C)C(=O)O. The number of hydrogen-bond acceptors (Lipinski definition) is 5. The Balaban J connectivity index is 2.30. The van der Waals surface area contributed by atoms with Gasteiger partial charge >= 0.3 is 5.97 Å². The highest BCUT2D eigenvalue weighted by Gasteiger charge is 2.28. The Morgan fingerprint density at radius 1 is 1.30 bits per heavy atom. The maximum atomic E-state index is 12.7. The van der Waals surface area contributed by atoms with Crippen LogP contribution in [0.2, 0.25) is 0 Å². The predicted octanol–water partition coefficient (Wildman–Crippen LogP) is -0.219. The zero-order chi connectivity index (χ0) is 17.0. The highest BCUT2D eigenvalue weighted by atomic mass is 16.4. The van der Waals surface area contributed by atoms with Crippen molar-refractivity contribution in [1.29, 1.82) is 0 Å². The van der Waals surface area contributed by atoms with Crippen LogP contribution in [0.15, 0.2) is 24.8 Å². The van der Waals surface area contributed by atoms with E-state index in [0.717, 1.165) is 4.90 Å². The van der Waals surface area contributed by atoms with Gasteiger partial charge in [-0.25, -0.2) is 14.8 Å². The van der Waals surface area contributed by atoms with E-state index in [1.165, 1.54) is 26.2 Å². The van der Waals surface area contributed by atoms with Crippen molar-refractivity contribution in [3.8, 4) is 0 Å². The van der Waals surface area contributed by atoms with E-state index in [2.05, 4.69) is 15.3 Å². The number of aromatic nitrogens is 3. The van der Waals surface area contributed by atoms with Crippen molar-refractivity contribution in [2.75, 3.05) is 13.1 Å². The van der Waals surface area contributed by atoms with Crippen LogP contribution in [-0.4, -0.2) is 61.3 Å². The molecule has 0 aromatic carbocycles. The summed E-state index contributed by atoms with van der Waals surface area (Å²) in [4.78, 5) is 44.2. The molecule has 2 N–H and O–H groups in total. The Labute approximate surface area is 131 Å².